The maximum Gasteiger partial charge on any atom is -0.0121 e. The molecule has 0 saturated carbocycles. The van der Waals surface area contributed by atoms with Crippen molar-refractivity contribution in [3.05, 3.63) is 47.5 Å². The zero-order valence-corrected chi connectivity index (χ0v) is 10.4. The molecule has 0 spiro atoms. The van der Waals surface area contributed by atoms with Crippen molar-refractivity contribution in [3.63, 3.8) is 0 Å². The van der Waals surface area contributed by atoms with Crippen LogP contribution in [0.4, 0.5) is 0 Å². The van der Waals surface area contributed by atoms with Gasteiger partial charge in [0.2, 0.25) is 0 Å². The Labute approximate surface area is 99.4 Å². The van der Waals surface area contributed by atoms with Crippen molar-refractivity contribution in [1.29, 1.82) is 0 Å². The van der Waals surface area contributed by atoms with Crippen LogP contribution in [-0.4, -0.2) is 0 Å². The summed E-state index contributed by atoms with van der Waals surface area (Å²) in [6.45, 7) is 4.61. The Hall–Kier alpha value is -1.04. The lowest BCUT2D eigenvalue weighted by molar-refractivity contribution is 0.588. The van der Waals surface area contributed by atoms with Crippen LogP contribution < -0.4 is 0 Å². The van der Waals surface area contributed by atoms with Gasteiger partial charge in [-0.2, -0.15) is 0 Å². The second-order valence-corrected chi connectivity index (χ2v) is 4.93. The fourth-order valence-corrected chi connectivity index (χ4v) is 2.65. The Kier molecular flexibility index (Phi) is 3.82. The molecule has 0 saturated heterocycles. The van der Waals surface area contributed by atoms with Crippen molar-refractivity contribution < 1.29 is 0 Å². The van der Waals surface area contributed by atoms with Crippen LogP contribution in [0, 0.1) is 5.92 Å². The van der Waals surface area contributed by atoms with Gasteiger partial charge >= 0.3 is 0 Å². The Bertz CT molecular complexity index is 362. The van der Waals surface area contributed by atoms with Gasteiger partial charge in [0.05, 0.1) is 0 Å². The first-order valence-corrected chi connectivity index (χ1v) is 6.57. The number of hydrogen-bond donors (Lipinski definition) is 0. The van der Waals surface area contributed by atoms with E-state index in [1.165, 1.54) is 25.7 Å². The van der Waals surface area contributed by atoms with Gasteiger partial charge in [-0.05, 0) is 35.8 Å². The fourth-order valence-electron chi connectivity index (χ4n) is 2.65. The van der Waals surface area contributed by atoms with Gasteiger partial charge < -0.3 is 0 Å². The molecular weight excluding hydrogens is 192 g/mol. The molecule has 0 heterocycles. The molecule has 16 heavy (non-hydrogen) atoms. The lowest BCUT2D eigenvalue weighted by Gasteiger charge is -2.10. The third-order valence-electron chi connectivity index (χ3n) is 3.75. The zero-order valence-electron chi connectivity index (χ0n) is 10.4. The van der Waals surface area contributed by atoms with Crippen LogP contribution in [0.15, 0.2) is 36.4 Å². The molecule has 0 N–H and O–H groups in total. The van der Waals surface area contributed by atoms with Crippen LogP contribution in [0.25, 0.3) is 0 Å². The first-order chi connectivity index (χ1) is 7.83. The zero-order chi connectivity index (χ0) is 11.4. The van der Waals surface area contributed by atoms with Crippen molar-refractivity contribution in [1.82, 2.24) is 0 Å². The highest BCUT2D eigenvalue weighted by Crippen LogP contribution is 2.38. The Balaban J connectivity index is 1.99. The smallest absolute Gasteiger partial charge is 0.0121 e. The Morgan fingerprint density at radius 3 is 2.88 bits per heavy atom. The van der Waals surface area contributed by atoms with Crippen LogP contribution in [0.5, 0.6) is 0 Å². The molecule has 2 atom stereocenters. The molecule has 1 aromatic carbocycles. The van der Waals surface area contributed by atoms with E-state index in [-0.39, 0.29) is 0 Å². The van der Waals surface area contributed by atoms with Crippen molar-refractivity contribution >= 4 is 0 Å². The predicted molar refractivity (Wildman–Crippen MR) is 70.7 cm³/mol. The summed E-state index contributed by atoms with van der Waals surface area (Å²) in [5.74, 6) is 1.43. The third kappa shape index (κ3) is 2.37. The summed E-state index contributed by atoms with van der Waals surface area (Å²) in [6, 6.07) is 8.90. The molecule has 0 aliphatic heterocycles. The quantitative estimate of drug-likeness (QED) is 0.503. The van der Waals surface area contributed by atoms with E-state index in [0.29, 0.717) is 5.92 Å². The largest absolute Gasteiger partial charge is 0.0882 e. The van der Waals surface area contributed by atoms with E-state index < -0.39 is 0 Å². The molecule has 0 unspecified atom stereocenters. The van der Waals surface area contributed by atoms with Crippen LogP contribution in [0.2, 0.25) is 0 Å². The van der Waals surface area contributed by atoms with Gasteiger partial charge in [-0.3, -0.25) is 0 Å². The van der Waals surface area contributed by atoms with Crippen LogP contribution in [0.1, 0.15) is 50.2 Å². The number of benzene rings is 1. The highest BCUT2D eigenvalue weighted by molar-refractivity contribution is 5.37. The average molecular weight is 214 g/mol. The number of fused-ring (bicyclic) bond motifs is 1. The second-order valence-electron chi connectivity index (χ2n) is 4.93. The maximum absolute atomic E-state index is 2.44. The van der Waals surface area contributed by atoms with Gasteiger partial charge in [0, 0.05) is 0 Å². The number of unbranched alkanes of at least 4 members (excludes halogenated alkanes) is 2. The lowest BCUT2D eigenvalue weighted by atomic mass is 9.94. The molecule has 0 heteroatoms. The van der Waals surface area contributed by atoms with E-state index in [1.807, 2.05) is 0 Å². The normalized spacial score (nSPS) is 23.9. The van der Waals surface area contributed by atoms with Gasteiger partial charge in [-0.25, -0.2) is 0 Å². The number of hydrogen-bond acceptors (Lipinski definition) is 0. The molecule has 0 radical (unpaired) electrons. The highest BCUT2D eigenvalue weighted by atomic mass is 14.3. The minimum atomic E-state index is 0.703. The monoisotopic (exact) mass is 214 g/mol. The molecule has 0 nitrogen and oxygen atoms in total. The molecular formula is C16H22. The van der Waals surface area contributed by atoms with E-state index >= 15 is 0 Å². The molecule has 1 aromatic rings. The van der Waals surface area contributed by atoms with E-state index in [9.17, 15) is 0 Å². The maximum atomic E-state index is 2.44. The molecule has 86 valence electrons. The van der Waals surface area contributed by atoms with Crippen molar-refractivity contribution in [3.8, 4) is 0 Å². The van der Waals surface area contributed by atoms with Gasteiger partial charge in [0.25, 0.3) is 0 Å². The highest BCUT2D eigenvalue weighted by Gasteiger charge is 2.26. The minimum absolute atomic E-state index is 0.703. The van der Waals surface area contributed by atoms with Crippen LogP contribution in [0.3, 0.4) is 0 Å². The van der Waals surface area contributed by atoms with Crippen molar-refractivity contribution in [2.24, 2.45) is 5.92 Å². The summed E-state index contributed by atoms with van der Waals surface area (Å²) in [5.41, 5.74) is 3.12. The predicted octanol–water partition coefficient (Wildman–Crippen LogP) is 4.71. The SMILES string of the molecule is CCCC/C=C/[C@@H]1Cc2ccccc2[C@H]1C. The average Bonchev–Trinajstić information content (AvgIpc) is 2.63. The van der Waals surface area contributed by atoms with Gasteiger partial charge in [-0.1, -0.05) is 63.1 Å². The molecule has 2 rings (SSSR count). The molecule has 1 aliphatic rings. The van der Waals surface area contributed by atoms with Gasteiger partial charge in [0.15, 0.2) is 0 Å². The minimum Gasteiger partial charge on any atom is -0.0882 e. The fraction of sp³-hybridized carbons (Fsp3) is 0.500. The molecule has 1 aliphatic carbocycles. The summed E-state index contributed by atoms with van der Waals surface area (Å²) in [5, 5.41) is 0. The third-order valence-corrected chi connectivity index (χ3v) is 3.75. The number of rotatable bonds is 4. The summed E-state index contributed by atoms with van der Waals surface area (Å²) >= 11 is 0. The molecule has 0 fully saturated rings. The van der Waals surface area contributed by atoms with Gasteiger partial charge in [0.1, 0.15) is 0 Å². The summed E-state index contributed by atoms with van der Waals surface area (Å²) in [4.78, 5) is 0. The lowest BCUT2D eigenvalue weighted by Crippen LogP contribution is -2.00. The Morgan fingerprint density at radius 1 is 1.31 bits per heavy atom. The standard InChI is InChI=1S/C16H22/c1-3-4-5-6-9-14-12-15-10-7-8-11-16(15)13(14)2/h6-11,13-14H,3-5,12H2,1-2H3/b9-6+/t13-,14+/m0/s1. The van der Waals surface area contributed by atoms with E-state index in [0.717, 1.165) is 5.92 Å². The first-order valence-electron chi connectivity index (χ1n) is 6.57. The van der Waals surface area contributed by atoms with Gasteiger partial charge in [-0.15, -0.1) is 0 Å². The topological polar surface area (TPSA) is 0 Å². The molecule has 0 bridgehead atoms. The summed E-state index contributed by atoms with van der Waals surface area (Å²) in [7, 11) is 0. The van der Waals surface area contributed by atoms with E-state index in [1.54, 1.807) is 11.1 Å². The molecule has 0 aromatic heterocycles. The first kappa shape index (κ1) is 11.4. The van der Waals surface area contributed by atoms with E-state index in [2.05, 4.69) is 50.3 Å². The van der Waals surface area contributed by atoms with Crippen LogP contribution in [-0.2, 0) is 6.42 Å². The summed E-state index contributed by atoms with van der Waals surface area (Å²) in [6.07, 6.45) is 9.93. The van der Waals surface area contributed by atoms with E-state index in [4.69, 9.17) is 0 Å². The second kappa shape index (κ2) is 5.34. The van der Waals surface area contributed by atoms with Crippen molar-refractivity contribution in [2.75, 3.05) is 0 Å². The molecule has 0 amide bonds. The number of allylic oxidation sites excluding steroid dienone is 2. The Morgan fingerprint density at radius 2 is 2.12 bits per heavy atom. The summed E-state index contributed by atoms with van der Waals surface area (Å²) < 4.78 is 0. The van der Waals surface area contributed by atoms with Crippen LogP contribution >= 0.6 is 0 Å². The van der Waals surface area contributed by atoms with Crippen molar-refractivity contribution in [2.45, 2.75) is 45.4 Å².